The Hall–Kier alpha value is -4.90. The molecule has 44 heavy (non-hydrogen) atoms. The van der Waals surface area contributed by atoms with Crippen molar-refractivity contribution in [3.63, 3.8) is 0 Å². The summed E-state index contributed by atoms with van der Waals surface area (Å²) in [5.74, 6) is -8.60. The monoisotopic (exact) mass is 621 g/mol. The van der Waals surface area contributed by atoms with Crippen molar-refractivity contribution in [3.05, 3.63) is 131 Å². The molecule has 0 unspecified atom stereocenters. The number of nitrogens with one attached hydrogen (secondary N) is 3. The van der Waals surface area contributed by atoms with E-state index in [4.69, 9.17) is 0 Å². The van der Waals surface area contributed by atoms with E-state index in [9.17, 15) is 31.9 Å². The summed E-state index contributed by atoms with van der Waals surface area (Å²) >= 11 is 0.987. The Morgan fingerprint density at radius 3 is 2.00 bits per heavy atom. The summed E-state index contributed by atoms with van der Waals surface area (Å²) in [4.78, 5) is 38.9. The van der Waals surface area contributed by atoms with Crippen molar-refractivity contribution in [1.82, 2.24) is 5.32 Å². The van der Waals surface area contributed by atoms with Gasteiger partial charge >= 0.3 is 0 Å². The van der Waals surface area contributed by atoms with Gasteiger partial charge in [-0.05, 0) is 59.5 Å². The first-order valence-electron chi connectivity index (χ1n) is 13.4. The molecular formula is C33H27F4N3O3S. The maximum Gasteiger partial charge on any atom is 0.272 e. The zero-order valence-corrected chi connectivity index (χ0v) is 24.4. The Kier molecular flexibility index (Phi) is 10.6. The minimum absolute atomic E-state index is 0.0134. The van der Waals surface area contributed by atoms with Crippen molar-refractivity contribution in [2.45, 2.75) is 24.7 Å². The number of carbonyl (C=O) groups is 3. The van der Waals surface area contributed by atoms with Crippen molar-refractivity contribution >= 4 is 46.9 Å². The third-order valence-corrected chi connectivity index (χ3v) is 7.31. The fourth-order valence-corrected chi connectivity index (χ4v) is 4.62. The predicted octanol–water partition coefficient (Wildman–Crippen LogP) is 7.51. The first-order valence-corrected chi connectivity index (χ1v) is 14.4. The lowest BCUT2D eigenvalue weighted by Crippen LogP contribution is -2.30. The van der Waals surface area contributed by atoms with Gasteiger partial charge in [0.05, 0.1) is 5.75 Å². The van der Waals surface area contributed by atoms with Crippen LogP contribution in [0.1, 0.15) is 41.3 Å². The summed E-state index contributed by atoms with van der Waals surface area (Å²) in [5, 5.41) is 7.26. The van der Waals surface area contributed by atoms with E-state index >= 15 is 0 Å². The quantitative estimate of drug-likeness (QED) is 0.0741. The molecule has 0 aromatic heterocycles. The van der Waals surface area contributed by atoms with Crippen LogP contribution < -0.4 is 16.0 Å². The minimum atomic E-state index is -1.71. The molecule has 0 radical (unpaired) electrons. The van der Waals surface area contributed by atoms with Crippen LogP contribution in [0, 0.1) is 23.3 Å². The number of rotatable bonds is 10. The van der Waals surface area contributed by atoms with Gasteiger partial charge < -0.3 is 16.0 Å². The summed E-state index contributed by atoms with van der Waals surface area (Å²) in [6.45, 7) is 4.14. The largest absolute Gasteiger partial charge is 0.321 e. The molecule has 0 aliphatic heterocycles. The fourth-order valence-electron chi connectivity index (χ4n) is 3.93. The molecule has 0 atom stereocenters. The lowest BCUT2D eigenvalue weighted by Gasteiger charge is -2.12. The normalized spacial score (nSPS) is 11.3. The first kappa shape index (κ1) is 32.0. The van der Waals surface area contributed by atoms with E-state index in [1.807, 2.05) is 29.6 Å². The summed E-state index contributed by atoms with van der Waals surface area (Å²) in [5.41, 5.74) is 1.40. The van der Waals surface area contributed by atoms with E-state index in [1.54, 1.807) is 60.7 Å². The summed E-state index contributed by atoms with van der Waals surface area (Å²) in [6, 6.07) is 22.4. The molecule has 6 nitrogen and oxygen atoms in total. The highest BCUT2D eigenvalue weighted by molar-refractivity contribution is 8.00. The van der Waals surface area contributed by atoms with Crippen LogP contribution in [-0.2, 0) is 9.59 Å². The topological polar surface area (TPSA) is 87.3 Å². The molecule has 0 saturated heterocycles. The molecule has 0 aliphatic carbocycles. The van der Waals surface area contributed by atoms with E-state index in [-0.39, 0.29) is 17.5 Å². The van der Waals surface area contributed by atoms with Crippen molar-refractivity contribution in [1.29, 1.82) is 0 Å². The lowest BCUT2D eigenvalue weighted by atomic mass is 10.0. The number of halogens is 4. The molecule has 4 aromatic carbocycles. The van der Waals surface area contributed by atoms with Crippen LogP contribution in [0.25, 0.3) is 6.08 Å². The van der Waals surface area contributed by atoms with Crippen LogP contribution in [0.4, 0.5) is 28.9 Å². The number of carbonyl (C=O) groups excluding carboxylic acids is 3. The fraction of sp³-hybridized carbons (Fsp3) is 0.121. The number of hydrogen-bond donors (Lipinski definition) is 3. The second-order valence-electron chi connectivity index (χ2n) is 9.86. The molecule has 3 amide bonds. The number of benzene rings is 4. The molecule has 0 fully saturated rings. The van der Waals surface area contributed by atoms with Gasteiger partial charge in [0.15, 0.2) is 23.3 Å². The van der Waals surface area contributed by atoms with Crippen molar-refractivity contribution in [3.8, 4) is 0 Å². The first-order chi connectivity index (χ1) is 21.0. The number of thioether (sulfide) groups is 1. The van der Waals surface area contributed by atoms with Gasteiger partial charge in [-0.15, -0.1) is 11.8 Å². The zero-order valence-electron chi connectivity index (χ0n) is 23.6. The van der Waals surface area contributed by atoms with Crippen molar-refractivity contribution in [2.75, 3.05) is 16.4 Å². The molecule has 3 N–H and O–H groups in total. The maximum atomic E-state index is 13.8. The van der Waals surface area contributed by atoms with Crippen molar-refractivity contribution in [2.24, 2.45) is 0 Å². The Morgan fingerprint density at radius 1 is 0.795 bits per heavy atom. The maximum absolute atomic E-state index is 13.8. The second-order valence-corrected chi connectivity index (χ2v) is 10.9. The average Bonchev–Trinajstić information content (AvgIpc) is 3.02. The Labute approximate surface area is 255 Å². The van der Waals surface area contributed by atoms with Crippen LogP contribution in [0.15, 0.2) is 95.5 Å². The molecule has 4 aromatic rings. The molecule has 0 aliphatic rings. The van der Waals surface area contributed by atoms with Gasteiger partial charge in [0.2, 0.25) is 5.91 Å². The smallest absolute Gasteiger partial charge is 0.272 e. The predicted molar refractivity (Wildman–Crippen MR) is 163 cm³/mol. The van der Waals surface area contributed by atoms with Gasteiger partial charge in [0, 0.05) is 22.2 Å². The van der Waals surface area contributed by atoms with Crippen molar-refractivity contribution < 1.29 is 31.9 Å². The van der Waals surface area contributed by atoms with Gasteiger partial charge in [-0.3, -0.25) is 14.4 Å². The summed E-state index contributed by atoms with van der Waals surface area (Å²) < 4.78 is 54.5. The summed E-state index contributed by atoms with van der Waals surface area (Å²) in [6.07, 6.45) is 1.57. The third-order valence-electron chi connectivity index (χ3n) is 6.30. The SMILES string of the molecule is CC(C)c1ccc(/C=C(\NC(=O)c2ccccc2)C(=O)Nc2ccc(SCC(=O)Nc3c(F)c(F)cc(F)c3F)cc2)cc1. The molecule has 11 heteroatoms. The molecular weight excluding hydrogens is 594 g/mol. The Morgan fingerprint density at radius 2 is 1.41 bits per heavy atom. The Balaban J connectivity index is 1.43. The van der Waals surface area contributed by atoms with E-state index in [2.05, 4.69) is 24.5 Å². The molecule has 0 spiro atoms. The molecule has 0 saturated carbocycles. The molecule has 4 rings (SSSR count). The lowest BCUT2D eigenvalue weighted by molar-refractivity contribution is -0.114. The highest BCUT2D eigenvalue weighted by Crippen LogP contribution is 2.26. The molecule has 226 valence electrons. The van der Waals surface area contributed by atoms with E-state index < -0.39 is 46.7 Å². The minimum Gasteiger partial charge on any atom is -0.321 e. The van der Waals surface area contributed by atoms with Crippen LogP contribution in [-0.4, -0.2) is 23.5 Å². The van der Waals surface area contributed by atoms with E-state index in [0.29, 0.717) is 27.6 Å². The molecule has 0 bridgehead atoms. The summed E-state index contributed by atoms with van der Waals surface area (Å²) in [7, 11) is 0. The number of anilines is 2. The average molecular weight is 622 g/mol. The Bertz CT molecular complexity index is 1670. The van der Waals surface area contributed by atoms with E-state index in [0.717, 1.165) is 17.3 Å². The number of hydrogen-bond acceptors (Lipinski definition) is 4. The van der Waals surface area contributed by atoms with Crippen LogP contribution >= 0.6 is 11.8 Å². The van der Waals surface area contributed by atoms with Gasteiger partial charge in [-0.2, -0.15) is 0 Å². The van der Waals surface area contributed by atoms with Crippen LogP contribution in [0.5, 0.6) is 0 Å². The van der Waals surface area contributed by atoms with E-state index in [1.165, 1.54) is 0 Å². The highest BCUT2D eigenvalue weighted by Gasteiger charge is 2.21. The standard InChI is InChI=1S/C33H27F4N3O3S/c1-19(2)21-10-8-20(9-11-21)16-27(39-32(42)22-6-4-3-5-7-22)33(43)38-23-12-14-24(15-13-23)44-18-28(41)40-31-29(36)25(34)17-26(35)30(31)37/h3-17,19H,18H2,1-2H3,(H,38,43)(H,39,42)(H,40,41)/b27-16-. The van der Waals surface area contributed by atoms with Gasteiger partial charge in [0.25, 0.3) is 11.8 Å². The van der Waals surface area contributed by atoms with Gasteiger partial charge in [-0.1, -0.05) is 56.3 Å². The third kappa shape index (κ3) is 8.35. The van der Waals surface area contributed by atoms with Crippen LogP contribution in [0.2, 0.25) is 0 Å². The highest BCUT2D eigenvalue weighted by atomic mass is 32.2. The van der Waals surface area contributed by atoms with Crippen LogP contribution in [0.3, 0.4) is 0 Å². The van der Waals surface area contributed by atoms with Gasteiger partial charge in [-0.25, -0.2) is 17.6 Å². The second kappa shape index (κ2) is 14.5. The number of amides is 3. The zero-order chi connectivity index (χ0) is 31.8. The van der Waals surface area contributed by atoms with Gasteiger partial charge in [0.1, 0.15) is 11.4 Å². The molecule has 0 heterocycles.